The Morgan fingerprint density at radius 1 is 1.03 bits per heavy atom. The number of carbonyl (C=O) groups is 3. The van der Waals surface area contributed by atoms with Crippen LogP contribution in [0.3, 0.4) is 0 Å². The Bertz CT molecular complexity index is 1420. The first-order valence-corrected chi connectivity index (χ1v) is 11.1. The summed E-state index contributed by atoms with van der Waals surface area (Å²) in [5.41, 5.74) is 1.29. The number of aromatic nitrogens is 5. The molecule has 1 fully saturated rings. The molecule has 2 amide bonds. The van der Waals surface area contributed by atoms with E-state index in [2.05, 4.69) is 20.1 Å². The lowest BCUT2D eigenvalue weighted by Crippen LogP contribution is -2.52. The number of rotatable bonds is 5. The van der Waals surface area contributed by atoms with Crippen LogP contribution in [0.2, 0.25) is 0 Å². The SMILES string of the molecule is BOc1cnc(-n2cnc(C)n2)c2[nH]cc(C(=O)C(=O)N3CCN(C(=O)c4ccccc4)CC3)c12. The average molecular weight is 471 g/mol. The minimum absolute atomic E-state index is 0.0891. The highest BCUT2D eigenvalue weighted by atomic mass is 16.4. The molecule has 0 aliphatic carbocycles. The highest BCUT2D eigenvalue weighted by Gasteiger charge is 2.31. The van der Waals surface area contributed by atoms with Crippen LogP contribution in [0, 0.1) is 6.92 Å². The minimum atomic E-state index is -0.663. The Morgan fingerprint density at radius 2 is 1.74 bits per heavy atom. The number of nitrogens with zero attached hydrogens (tertiary/aromatic N) is 6. The number of benzene rings is 1. The van der Waals surface area contributed by atoms with Gasteiger partial charge in [-0.15, -0.1) is 0 Å². The van der Waals surface area contributed by atoms with Gasteiger partial charge < -0.3 is 19.4 Å². The number of aryl methyl sites for hydroxylation is 1. The van der Waals surface area contributed by atoms with Crippen LogP contribution in [0.5, 0.6) is 5.75 Å². The zero-order valence-corrected chi connectivity index (χ0v) is 19.3. The highest BCUT2D eigenvalue weighted by molar-refractivity contribution is 6.45. The summed E-state index contributed by atoms with van der Waals surface area (Å²) in [4.78, 5) is 53.8. The molecular weight excluding hydrogens is 449 g/mol. The fraction of sp³-hybridized carbons (Fsp3) is 0.217. The van der Waals surface area contributed by atoms with E-state index in [-0.39, 0.29) is 24.6 Å². The van der Waals surface area contributed by atoms with E-state index >= 15 is 0 Å². The van der Waals surface area contributed by atoms with Gasteiger partial charge in [0, 0.05) is 37.9 Å². The first-order valence-electron chi connectivity index (χ1n) is 11.1. The molecule has 12 heteroatoms. The van der Waals surface area contributed by atoms with Crippen molar-refractivity contribution in [2.45, 2.75) is 6.92 Å². The van der Waals surface area contributed by atoms with Gasteiger partial charge >= 0.3 is 8.05 Å². The van der Waals surface area contributed by atoms with E-state index in [4.69, 9.17) is 4.65 Å². The first-order chi connectivity index (χ1) is 17.0. The molecule has 1 aliphatic heterocycles. The number of fused-ring (bicyclic) bond motifs is 1. The molecular formula is C23H22BN7O4. The highest BCUT2D eigenvalue weighted by Crippen LogP contribution is 2.31. The Balaban J connectivity index is 1.37. The van der Waals surface area contributed by atoms with Crippen molar-refractivity contribution < 1.29 is 19.0 Å². The monoisotopic (exact) mass is 471 g/mol. The van der Waals surface area contributed by atoms with Crippen LogP contribution in [-0.4, -0.2) is 86.4 Å². The van der Waals surface area contributed by atoms with Crippen molar-refractivity contribution in [3.8, 4) is 11.6 Å². The maximum absolute atomic E-state index is 13.3. The van der Waals surface area contributed by atoms with Gasteiger partial charge in [-0.1, -0.05) is 18.2 Å². The van der Waals surface area contributed by atoms with Crippen molar-refractivity contribution in [1.29, 1.82) is 0 Å². The molecule has 35 heavy (non-hydrogen) atoms. The maximum Gasteiger partial charge on any atom is 0.322 e. The molecule has 176 valence electrons. The van der Waals surface area contributed by atoms with E-state index in [0.717, 1.165) is 0 Å². The van der Waals surface area contributed by atoms with Crippen LogP contribution in [0.4, 0.5) is 0 Å². The summed E-state index contributed by atoms with van der Waals surface area (Å²) in [7, 11) is 1.47. The van der Waals surface area contributed by atoms with Crippen LogP contribution in [-0.2, 0) is 4.79 Å². The van der Waals surface area contributed by atoms with Crippen molar-refractivity contribution >= 4 is 36.5 Å². The van der Waals surface area contributed by atoms with Gasteiger partial charge in [0.2, 0.25) is 0 Å². The summed E-state index contributed by atoms with van der Waals surface area (Å²) in [6, 6.07) is 9.00. The first kappa shape index (κ1) is 22.3. The smallest absolute Gasteiger partial charge is 0.322 e. The number of Topliss-reactive ketones (excluding diaryl/α,β-unsaturated/α-hetero) is 1. The number of hydrogen-bond donors (Lipinski definition) is 1. The van der Waals surface area contributed by atoms with Gasteiger partial charge in [0.1, 0.15) is 17.9 Å². The molecule has 1 N–H and O–H groups in total. The van der Waals surface area contributed by atoms with Crippen LogP contribution >= 0.6 is 0 Å². The van der Waals surface area contributed by atoms with Crippen molar-refractivity contribution in [3.05, 3.63) is 66.0 Å². The summed E-state index contributed by atoms with van der Waals surface area (Å²) >= 11 is 0. The van der Waals surface area contributed by atoms with E-state index < -0.39 is 11.7 Å². The van der Waals surface area contributed by atoms with Gasteiger partial charge in [-0.05, 0) is 19.1 Å². The lowest BCUT2D eigenvalue weighted by atomic mass is 10.1. The predicted octanol–water partition coefficient (Wildman–Crippen LogP) is 0.546. The lowest BCUT2D eigenvalue weighted by Gasteiger charge is -2.34. The Hall–Kier alpha value is -4.48. The largest absolute Gasteiger partial charge is 0.566 e. The van der Waals surface area contributed by atoms with Crippen molar-refractivity contribution in [2.24, 2.45) is 0 Å². The molecule has 0 atom stereocenters. The summed E-state index contributed by atoms with van der Waals surface area (Å²) in [5.74, 6) is -0.0244. The average Bonchev–Trinajstić information content (AvgIpc) is 3.54. The number of aromatic amines is 1. The number of carbonyl (C=O) groups excluding carboxylic acids is 3. The quantitative estimate of drug-likeness (QED) is 0.256. The molecule has 0 radical (unpaired) electrons. The molecule has 1 saturated heterocycles. The predicted molar refractivity (Wildman–Crippen MR) is 128 cm³/mol. The van der Waals surface area contributed by atoms with E-state index in [9.17, 15) is 14.4 Å². The van der Waals surface area contributed by atoms with Gasteiger partial charge in [0.25, 0.3) is 17.6 Å². The maximum atomic E-state index is 13.3. The number of hydrogen-bond acceptors (Lipinski definition) is 7. The molecule has 11 nitrogen and oxygen atoms in total. The minimum Gasteiger partial charge on any atom is -0.566 e. The summed E-state index contributed by atoms with van der Waals surface area (Å²) in [6.07, 6.45) is 4.49. The molecule has 0 bridgehead atoms. The van der Waals surface area contributed by atoms with Crippen molar-refractivity contribution in [1.82, 2.24) is 34.5 Å². The van der Waals surface area contributed by atoms with Gasteiger partial charge in [-0.3, -0.25) is 14.4 Å². The third kappa shape index (κ3) is 4.03. The van der Waals surface area contributed by atoms with Crippen LogP contribution in [0.15, 0.2) is 49.1 Å². The van der Waals surface area contributed by atoms with Crippen LogP contribution in [0.25, 0.3) is 16.7 Å². The number of H-pyrrole nitrogens is 1. The van der Waals surface area contributed by atoms with E-state index in [0.29, 0.717) is 46.9 Å². The van der Waals surface area contributed by atoms with E-state index in [1.807, 2.05) is 18.2 Å². The van der Waals surface area contributed by atoms with Gasteiger partial charge in [0.15, 0.2) is 5.82 Å². The summed E-state index contributed by atoms with van der Waals surface area (Å²) < 4.78 is 6.92. The number of nitrogens with one attached hydrogen (secondary N) is 1. The van der Waals surface area contributed by atoms with Crippen molar-refractivity contribution in [3.63, 3.8) is 0 Å². The van der Waals surface area contributed by atoms with Gasteiger partial charge in [-0.2, -0.15) is 5.10 Å². The topological polar surface area (TPSA) is 126 Å². The second-order valence-corrected chi connectivity index (χ2v) is 8.12. The third-order valence-corrected chi connectivity index (χ3v) is 6.01. The van der Waals surface area contributed by atoms with Crippen LogP contribution < -0.4 is 4.65 Å². The normalized spacial score (nSPS) is 13.7. The molecule has 4 aromatic rings. The Labute approximate surface area is 201 Å². The van der Waals surface area contributed by atoms with Crippen molar-refractivity contribution in [2.75, 3.05) is 26.2 Å². The summed E-state index contributed by atoms with van der Waals surface area (Å²) in [5, 5.41) is 4.73. The molecule has 4 heterocycles. The van der Waals surface area contributed by atoms with E-state index in [1.54, 1.807) is 24.0 Å². The second-order valence-electron chi connectivity index (χ2n) is 8.12. The van der Waals surface area contributed by atoms with Gasteiger partial charge in [0.05, 0.1) is 22.7 Å². The number of piperazine rings is 1. The van der Waals surface area contributed by atoms with E-state index in [1.165, 1.54) is 36.4 Å². The Morgan fingerprint density at radius 3 is 2.40 bits per heavy atom. The molecule has 5 rings (SSSR count). The standard InChI is InChI=1S/C23H22BN7O4/c1-14-27-13-31(28-14)21-19-18(17(35-24)12-26-21)16(11-25-19)20(32)23(34)30-9-7-29(8-10-30)22(33)15-5-3-2-4-6-15/h2-6,11-13,25H,7-10,24H2,1H3. The summed E-state index contributed by atoms with van der Waals surface area (Å²) in [6.45, 7) is 3.00. The molecule has 1 aromatic carbocycles. The number of ketones is 1. The molecule has 0 saturated carbocycles. The Kier molecular flexibility index (Phi) is 5.77. The molecule has 0 spiro atoms. The zero-order valence-electron chi connectivity index (χ0n) is 19.3. The van der Waals surface area contributed by atoms with Crippen LogP contribution in [0.1, 0.15) is 26.5 Å². The number of amides is 2. The lowest BCUT2D eigenvalue weighted by molar-refractivity contribution is -0.127. The second kappa shape index (κ2) is 9.05. The molecule has 1 aliphatic rings. The molecule has 3 aromatic heterocycles. The number of pyridine rings is 1. The zero-order chi connectivity index (χ0) is 24.5. The fourth-order valence-corrected chi connectivity index (χ4v) is 4.19. The fourth-order valence-electron chi connectivity index (χ4n) is 4.19. The van der Waals surface area contributed by atoms with Gasteiger partial charge in [-0.25, -0.2) is 14.6 Å². The third-order valence-electron chi connectivity index (χ3n) is 6.01. The molecule has 0 unspecified atom stereocenters.